The van der Waals surface area contributed by atoms with E-state index in [0.29, 0.717) is 11.9 Å². The third-order valence-electron chi connectivity index (χ3n) is 6.12. The number of carbonyl (C=O) groups excluding carboxylic acids is 1. The summed E-state index contributed by atoms with van der Waals surface area (Å²) in [5, 5.41) is 12.5. The number of nitrogen functional groups attached to an aromatic ring is 1. The number of anilines is 1. The molecule has 0 unspecified atom stereocenters. The van der Waals surface area contributed by atoms with Crippen molar-refractivity contribution in [1.29, 1.82) is 5.41 Å². The largest absolute Gasteiger partial charge is 0.368 e. The molecule has 2 aliphatic heterocycles. The number of aromatic nitrogens is 2. The number of hydrogen-bond acceptors (Lipinski definition) is 7. The first kappa shape index (κ1) is 20.0. The van der Waals surface area contributed by atoms with E-state index in [-0.39, 0.29) is 11.8 Å². The molecule has 0 aromatic carbocycles. The van der Waals surface area contributed by atoms with Crippen LogP contribution in [0.2, 0.25) is 0 Å². The average Bonchev–Trinajstić information content (AvgIpc) is 3.30. The number of nitrogens with two attached hydrogens (primary N) is 1. The van der Waals surface area contributed by atoms with Crippen LogP contribution in [-0.2, 0) is 11.3 Å². The van der Waals surface area contributed by atoms with Crippen molar-refractivity contribution in [2.75, 3.05) is 31.9 Å². The average molecular weight is 413 g/mol. The van der Waals surface area contributed by atoms with Crippen molar-refractivity contribution in [3.05, 3.63) is 40.3 Å². The molecule has 2 aromatic heterocycles. The van der Waals surface area contributed by atoms with Crippen molar-refractivity contribution in [3.8, 4) is 0 Å². The molecular formula is C21H28N6OS. The van der Waals surface area contributed by atoms with E-state index < -0.39 is 0 Å². The standard InChI is InChI=1S/C21H28N6OS/c22-19(18-5-10-29-14-18)16-3-8-27(9-4-16)20(28)17-1-6-26(7-2-17)13-15-11-24-21(23)25-12-15/h5,10-12,14,16-17,22H,1-4,6-9,13H2,(H2,23,24,25). The van der Waals surface area contributed by atoms with E-state index in [2.05, 4.69) is 14.9 Å². The first-order valence-corrected chi connectivity index (χ1v) is 11.2. The zero-order chi connectivity index (χ0) is 20.2. The van der Waals surface area contributed by atoms with Crippen LogP contribution in [0.5, 0.6) is 0 Å². The lowest BCUT2D eigenvalue weighted by molar-refractivity contribution is -0.138. The predicted molar refractivity (Wildman–Crippen MR) is 115 cm³/mol. The van der Waals surface area contributed by atoms with Gasteiger partial charge in [0.15, 0.2) is 0 Å². The summed E-state index contributed by atoms with van der Waals surface area (Å²) in [6, 6.07) is 2.02. The summed E-state index contributed by atoms with van der Waals surface area (Å²) in [6.07, 6.45) is 7.15. The van der Waals surface area contributed by atoms with E-state index in [4.69, 9.17) is 11.1 Å². The molecule has 0 atom stereocenters. The van der Waals surface area contributed by atoms with Gasteiger partial charge >= 0.3 is 0 Å². The van der Waals surface area contributed by atoms with E-state index in [0.717, 1.165) is 75.2 Å². The number of rotatable bonds is 5. The highest BCUT2D eigenvalue weighted by molar-refractivity contribution is 7.08. The number of piperidine rings is 2. The molecule has 29 heavy (non-hydrogen) atoms. The minimum atomic E-state index is 0.127. The molecule has 154 valence electrons. The molecule has 8 heteroatoms. The highest BCUT2D eigenvalue weighted by Crippen LogP contribution is 2.26. The molecule has 7 nitrogen and oxygen atoms in total. The number of nitrogens with one attached hydrogen (secondary N) is 1. The van der Waals surface area contributed by atoms with Gasteiger partial charge in [-0.3, -0.25) is 9.69 Å². The van der Waals surface area contributed by atoms with E-state index in [1.165, 1.54) is 0 Å². The molecule has 0 aliphatic carbocycles. The van der Waals surface area contributed by atoms with Crippen LogP contribution in [0.4, 0.5) is 5.95 Å². The summed E-state index contributed by atoms with van der Waals surface area (Å²) in [7, 11) is 0. The van der Waals surface area contributed by atoms with Crippen molar-refractivity contribution in [3.63, 3.8) is 0 Å². The third-order valence-corrected chi connectivity index (χ3v) is 6.80. The maximum atomic E-state index is 13.0. The van der Waals surface area contributed by atoms with Gasteiger partial charge in [-0.25, -0.2) is 9.97 Å². The van der Waals surface area contributed by atoms with Gasteiger partial charge in [-0.15, -0.1) is 0 Å². The first-order valence-electron chi connectivity index (χ1n) is 10.3. The Morgan fingerprint density at radius 2 is 1.76 bits per heavy atom. The highest BCUT2D eigenvalue weighted by Gasteiger charge is 2.32. The van der Waals surface area contributed by atoms with Gasteiger partial charge in [-0.05, 0) is 55.6 Å². The molecule has 0 spiro atoms. The smallest absolute Gasteiger partial charge is 0.225 e. The Bertz CT molecular complexity index is 821. The highest BCUT2D eigenvalue weighted by atomic mass is 32.1. The molecule has 0 saturated carbocycles. The van der Waals surface area contributed by atoms with Crippen LogP contribution in [-0.4, -0.2) is 57.6 Å². The molecule has 4 heterocycles. The molecule has 2 aromatic rings. The summed E-state index contributed by atoms with van der Waals surface area (Å²) in [6.45, 7) is 4.19. The quantitative estimate of drug-likeness (QED) is 0.736. The van der Waals surface area contributed by atoms with Crippen LogP contribution in [0.15, 0.2) is 29.2 Å². The van der Waals surface area contributed by atoms with Gasteiger partial charge in [-0.1, -0.05) is 0 Å². The lowest BCUT2D eigenvalue weighted by Crippen LogP contribution is -2.46. The second-order valence-electron chi connectivity index (χ2n) is 8.03. The molecule has 1 amide bonds. The van der Waals surface area contributed by atoms with Gasteiger partial charge in [0.1, 0.15) is 0 Å². The van der Waals surface area contributed by atoms with Crippen LogP contribution in [0, 0.1) is 17.2 Å². The number of amides is 1. The summed E-state index contributed by atoms with van der Waals surface area (Å²) < 4.78 is 0. The summed E-state index contributed by atoms with van der Waals surface area (Å²) in [4.78, 5) is 25.5. The molecule has 3 N–H and O–H groups in total. The Morgan fingerprint density at radius 1 is 1.10 bits per heavy atom. The SMILES string of the molecule is N=C(c1ccsc1)C1CCN(C(=O)C2CCN(Cc3cnc(N)nc3)CC2)CC1. The van der Waals surface area contributed by atoms with Crippen molar-refractivity contribution < 1.29 is 4.79 Å². The van der Waals surface area contributed by atoms with E-state index in [9.17, 15) is 4.79 Å². The fraction of sp³-hybridized carbons (Fsp3) is 0.524. The minimum absolute atomic E-state index is 0.127. The first-order chi connectivity index (χ1) is 14.1. The van der Waals surface area contributed by atoms with Gasteiger partial charge in [-0.2, -0.15) is 11.3 Å². The van der Waals surface area contributed by atoms with Crippen LogP contribution < -0.4 is 5.73 Å². The maximum absolute atomic E-state index is 13.0. The Hall–Kier alpha value is -2.32. The van der Waals surface area contributed by atoms with Crippen molar-refractivity contribution >= 4 is 28.9 Å². The van der Waals surface area contributed by atoms with Crippen molar-refractivity contribution in [2.24, 2.45) is 11.8 Å². The zero-order valence-corrected chi connectivity index (χ0v) is 17.4. The number of carbonyl (C=O) groups is 1. The Balaban J connectivity index is 1.23. The number of likely N-dealkylation sites (tertiary alicyclic amines) is 2. The molecule has 4 rings (SSSR count). The zero-order valence-electron chi connectivity index (χ0n) is 16.6. The van der Waals surface area contributed by atoms with Crippen molar-refractivity contribution in [2.45, 2.75) is 32.2 Å². The third kappa shape index (κ3) is 4.82. The number of nitrogens with zero attached hydrogens (tertiary/aromatic N) is 4. The van der Waals surface area contributed by atoms with E-state index in [1.807, 2.05) is 21.7 Å². The minimum Gasteiger partial charge on any atom is -0.368 e. The Kier molecular flexibility index (Phi) is 6.20. The van der Waals surface area contributed by atoms with Crippen molar-refractivity contribution in [1.82, 2.24) is 19.8 Å². The molecular weight excluding hydrogens is 384 g/mol. The van der Waals surface area contributed by atoms with Crippen LogP contribution >= 0.6 is 11.3 Å². The lowest BCUT2D eigenvalue weighted by Gasteiger charge is -2.37. The summed E-state index contributed by atoms with van der Waals surface area (Å²) >= 11 is 1.64. The topological polar surface area (TPSA) is 99.2 Å². The van der Waals surface area contributed by atoms with Gasteiger partial charge in [0.05, 0.1) is 0 Å². The maximum Gasteiger partial charge on any atom is 0.225 e. The predicted octanol–water partition coefficient (Wildman–Crippen LogP) is 2.64. The van der Waals surface area contributed by atoms with Gasteiger partial charge in [0, 0.05) is 60.7 Å². The fourth-order valence-electron chi connectivity index (χ4n) is 4.34. The summed E-state index contributed by atoms with van der Waals surface area (Å²) in [5.74, 6) is 1.01. The molecule has 2 saturated heterocycles. The number of thiophene rings is 1. The van der Waals surface area contributed by atoms with Gasteiger partial charge < -0.3 is 16.0 Å². The van der Waals surface area contributed by atoms with Gasteiger partial charge in [0.2, 0.25) is 11.9 Å². The molecule has 0 radical (unpaired) electrons. The second-order valence-corrected chi connectivity index (χ2v) is 8.81. The fourth-order valence-corrected chi connectivity index (χ4v) is 5.00. The molecule has 0 bridgehead atoms. The number of hydrogen-bond donors (Lipinski definition) is 2. The normalized spacial score (nSPS) is 19.4. The summed E-state index contributed by atoms with van der Waals surface area (Å²) in [5.41, 5.74) is 8.37. The Labute approximate surface area is 175 Å². The Morgan fingerprint density at radius 3 is 2.38 bits per heavy atom. The van der Waals surface area contributed by atoms with Crippen LogP contribution in [0.1, 0.15) is 36.8 Å². The lowest BCUT2D eigenvalue weighted by atomic mass is 9.88. The van der Waals surface area contributed by atoms with E-state index in [1.54, 1.807) is 23.7 Å². The molecule has 2 aliphatic rings. The van der Waals surface area contributed by atoms with Gasteiger partial charge in [0.25, 0.3) is 0 Å². The van der Waals surface area contributed by atoms with Crippen LogP contribution in [0.25, 0.3) is 0 Å². The monoisotopic (exact) mass is 412 g/mol. The van der Waals surface area contributed by atoms with E-state index >= 15 is 0 Å². The van der Waals surface area contributed by atoms with Crippen LogP contribution in [0.3, 0.4) is 0 Å². The molecule has 2 fully saturated rings. The second kappa shape index (κ2) is 9.00.